The fraction of sp³-hybridized carbons (Fsp3) is 0.350. The number of piperidine rings is 1. The lowest BCUT2D eigenvalue weighted by atomic mass is 9.89. The fourth-order valence-corrected chi connectivity index (χ4v) is 4.83. The van der Waals surface area contributed by atoms with E-state index in [9.17, 15) is 14.7 Å². The number of thiophene rings is 1. The number of amides is 1. The van der Waals surface area contributed by atoms with Crippen LogP contribution < -0.4 is 5.56 Å². The van der Waals surface area contributed by atoms with Crippen LogP contribution in [0, 0.1) is 6.92 Å². The molecule has 1 N–H and O–H groups in total. The molecule has 1 aromatic carbocycles. The number of nitrogens with zero attached hydrogens (tertiary/aromatic N) is 3. The van der Waals surface area contributed by atoms with Crippen molar-refractivity contribution in [1.82, 2.24) is 14.5 Å². The maximum absolute atomic E-state index is 13.0. The van der Waals surface area contributed by atoms with Crippen molar-refractivity contribution in [3.8, 4) is 5.75 Å². The van der Waals surface area contributed by atoms with Crippen LogP contribution in [0.5, 0.6) is 5.75 Å². The van der Waals surface area contributed by atoms with Crippen molar-refractivity contribution < 1.29 is 9.90 Å². The number of aromatic nitrogens is 2. The SMILES string of the molecule is Cc1c(C(=O)N2CCC(c3ccc(O)cc3)CC2)sc2ncn(C)c(=O)c12. The molecule has 0 bridgehead atoms. The number of hydrogen-bond acceptors (Lipinski definition) is 5. The molecular weight excluding hydrogens is 362 g/mol. The molecule has 0 spiro atoms. The normalized spacial score (nSPS) is 15.4. The van der Waals surface area contributed by atoms with Gasteiger partial charge in [0.25, 0.3) is 11.5 Å². The Morgan fingerprint density at radius 3 is 2.56 bits per heavy atom. The van der Waals surface area contributed by atoms with Crippen molar-refractivity contribution in [3.63, 3.8) is 0 Å². The third-order valence-electron chi connectivity index (χ3n) is 5.35. The summed E-state index contributed by atoms with van der Waals surface area (Å²) in [7, 11) is 1.67. The van der Waals surface area contributed by atoms with Gasteiger partial charge in [-0.1, -0.05) is 12.1 Å². The summed E-state index contributed by atoms with van der Waals surface area (Å²) in [5, 5.41) is 9.99. The topological polar surface area (TPSA) is 75.4 Å². The molecule has 0 radical (unpaired) electrons. The first kappa shape index (κ1) is 17.7. The maximum atomic E-state index is 13.0. The van der Waals surface area contributed by atoms with E-state index in [2.05, 4.69) is 4.98 Å². The molecule has 0 atom stereocenters. The Balaban J connectivity index is 1.54. The average Bonchev–Trinajstić information content (AvgIpc) is 3.02. The fourth-order valence-electron chi connectivity index (χ4n) is 3.72. The highest BCUT2D eigenvalue weighted by molar-refractivity contribution is 7.20. The molecule has 7 heteroatoms. The molecule has 2 aromatic heterocycles. The Morgan fingerprint density at radius 2 is 1.89 bits per heavy atom. The Morgan fingerprint density at radius 1 is 1.22 bits per heavy atom. The van der Waals surface area contributed by atoms with Crippen LogP contribution in [-0.4, -0.2) is 38.6 Å². The molecule has 1 saturated heterocycles. The Hall–Kier alpha value is -2.67. The average molecular weight is 383 g/mol. The molecule has 1 aliphatic rings. The number of hydrogen-bond donors (Lipinski definition) is 1. The van der Waals surface area contributed by atoms with Crippen LogP contribution in [0.25, 0.3) is 10.2 Å². The van der Waals surface area contributed by atoms with Crippen molar-refractivity contribution in [1.29, 1.82) is 0 Å². The van der Waals surface area contributed by atoms with Gasteiger partial charge in [-0.3, -0.25) is 9.59 Å². The minimum atomic E-state index is -0.112. The lowest BCUT2D eigenvalue weighted by molar-refractivity contribution is 0.0717. The summed E-state index contributed by atoms with van der Waals surface area (Å²) < 4.78 is 1.44. The summed E-state index contributed by atoms with van der Waals surface area (Å²) in [4.78, 5) is 32.8. The number of carbonyl (C=O) groups is 1. The first-order valence-corrected chi connectivity index (χ1v) is 9.80. The number of aryl methyl sites for hydroxylation is 2. The Labute approximate surface area is 160 Å². The molecule has 1 amide bonds. The summed E-state index contributed by atoms with van der Waals surface area (Å²) in [5.74, 6) is 0.653. The third kappa shape index (κ3) is 3.12. The van der Waals surface area contributed by atoms with Crippen molar-refractivity contribution >= 4 is 27.5 Å². The predicted octanol–water partition coefficient (Wildman–Crippen LogP) is 3.03. The van der Waals surface area contributed by atoms with E-state index in [1.54, 1.807) is 19.2 Å². The zero-order chi connectivity index (χ0) is 19.1. The second-order valence-electron chi connectivity index (χ2n) is 7.05. The van der Waals surface area contributed by atoms with E-state index in [1.807, 2.05) is 24.0 Å². The van der Waals surface area contributed by atoms with Crippen LogP contribution in [0.4, 0.5) is 0 Å². The van der Waals surface area contributed by atoms with E-state index >= 15 is 0 Å². The molecule has 0 aliphatic carbocycles. The molecule has 3 aromatic rings. The minimum absolute atomic E-state index is 0.0123. The molecule has 1 fully saturated rings. The number of phenolic OH excluding ortho intramolecular Hbond substituents is 1. The van der Waals surface area contributed by atoms with Crippen LogP contribution in [-0.2, 0) is 7.05 Å². The van der Waals surface area contributed by atoms with Gasteiger partial charge in [0.2, 0.25) is 0 Å². The number of likely N-dealkylation sites (tertiary alicyclic amines) is 1. The van der Waals surface area contributed by atoms with E-state index in [-0.39, 0.29) is 17.2 Å². The molecule has 4 rings (SSSR count). The molecule has 3 heterocycles. The second-order valence-corrected chi connectivity index (χ2v) is 8.05. The van der Waals surface area contributed by atoms with Gasteiger partial charge in [0.05, 0.1) is 16.6 Å². The Bertz CT molecular complexity index is 1060. The van der Waals surface area contributed by atoms with E-state index in [4.69, 9.17) is 0 Å². The van der Waals surface area contributed by atoms with Gasteiger partial charge < -0.3 is 14.6 Å². The quantitative estimate of drug-likeness (QED) is 0.738. The smallest absolute Gasteiger partial charge is 0.264 e. The third-order valence-corrected chi connectivity index (χ3v) is 6.54. The minimum Gasteiger partial charge on any atom is -0.508 e. The van der Waals surface area contributed by atoms with Gasteiger partial charge in [0.1, 0.15) is 10.6 Å². The van der Waals surface area contributed by atoms with Crippen LogP contribution in [0.3, 0.4) is 0 Å². The largest absolute Gasteiger partial charge is 0.508 e. The molecular formula is C20H21N3O3S. The zero-order valence-electron chi connectivity index (χ0n) is 15.3. The van der Waals surface area contributed by atoms with E-state index in [1.165, 1.54) is 27.8 Å². The number of benzene rings is 1. The molecule has 27 heavy (non-hydrogen) atoms. The van der Waals surface area contributed by atoms with Crippen LogP contribution >= 0.6 is 11.3 Å². The van der Waals surface area contributed by atoms with Gasteiger partial charge in [0, 0.05) is 20.1 Å². The van der Waals surface area contributed by atoms with E-state index in [0.717, 1.165) is 18.4 Å². The van der Waals surface area contributed by atoms with Gasteiger partial charge >= 0.3 is 0 Å². The molecule has 1 aliphatic heterocycles. The van der Waals surface area contributed by atoms with Crippen molar-refractivity contribution in [2.45, 2.75) is 25.7 Å². The molecule has 6 nitrogen and oxygen atoms in total. The Kier molecular flexibility index (Phi) is 4.47. The number of rotatable bonds is 2. The first-order valence-electron chi connectivity index (χ1n) is 8.98. The first-order chi connectivity index (χ1) is 13.0. The monoisotopic (exact) mass is 383 g/mol. The second kappa shape index (κ2) is 6.81. The maximum Gasteiger partial charge on any atom is 0.264 e. The lowest BCUT2D eigenvalue weighted by Crippen LogP contribution is -2.37. The van der Waals surface area contributed by atoms with Crippen molar-refractivity contribution in [2.75, 3.05) is 13.1 Å². The van der Waals surface area contributed by atoms with E-state index in [0.29, 0.717) is 34.1 Å². The highest BCUT2D eigenvalue weighted by atomic mass is 32.1. The molecule has 0 saturated carbocycles. The summed E-state index contributed by atoms with van der Waals surface area (Å²) >= 11 is 1.30. The molecule has 0 unspecified atom stereocenters. The van der Waals surface area contributed by atoms with Crippen LogP contribution in [0.15, 0.2) is 35.4 Å². The number of fused-ring (bicyclic) bond motifs is 1. The predicted molar refractivity (Wildman–Crippen MR) is 106 cm³/mol. The van der Waals surface area contributed by atoms with Crippen molar-refractivity contribution in [3.05, 3.63) is 57.0 Å². The van der Waals surface area contributed by atoms with Gasteiger partial charge in [-0.25, -0.2) is 4.98 Å². The zero-order valence-corrected chi connectivity index (χ0v) is 16.1. The van der Waals surface area contributed by atoms with Gasteiger partial charge in [0.15, 0.2) is 0 Å². The number of phenols is 1. The van der Waals surface area contributed by atoms with Gasteiger partial charge in [-0.05, 0) is 48.9 Å². The summed E-state index contributed by atoms with van der Waals surface area (Å²) in [5.41, 5.74) is 1.82. The van der Waals surface area contributed by atoms with E-state index < -0.39 is 0 Å². The highest BCUT2D eigenvalue weighted by Crippen LogP contribution is 2.32. The number of aromatic hydroxyl groups is 1. The summed E-state index contributed by atoms with van der Waals surface area (Å²) in [6, 6.07) is 7.33. The highest BCUT2D eigenvalue weighted by Gasteiger charge is 2.27. The van der Waals surface area contributed by atoms with Gasteiger partial charge in [-0.2, -0.15) is 0 Å². The van der Waals surface area contributed by atoms with Crippen LogP contribution in [0.1, 0.15) is 39.6 Å². The number of carbonyl (C=O) groups excluding carboxylic acids is 1. The van der Waals surface area contributed by atoms with Crippen LogP contribution in [0.2, 0.25) is 0 Å². The lowest BCUT2D eigenvalue weighted by Gasteiger charge is -2.32. The standard InChI is InChI=1S/C20H21N3O3S/c1-12-16-18(21-11-22(2)19(16)25)27-17(12)20(26)23-9-7-14(8-10-23)13-3-5-15(24)6-4-13/h3-6,11,14,24H,7-10H2,1-2H3. The van der Waals surface area contributed by atoms with Crippen molar-refractivity contribution in [2.24, 2.45) is 7.05 Å². The summed E-state index contributed by atoms with van der Waals surface area (Å²) in [6.45, 7) is 3.20. The summed E-state index contributed by atoms with van der Waals surface area (Å²) in [6.07, 6.45) is 3.28. The van der Waals surface area contributed by atoms with Gasteiger partial charge in [-0.15, -0.1) is 11.3 Å². The molecule has 140 valence electrons.